The summed E-state index contributed by atoms with van der Waals surface area (Å²) in [7, 11) is 0. The number of hydrogen-bond acceptors (Lipinski definition) is 3. The van der Waals surface area contributed by atoms with Gasteiger partial charge >= 0.3 is 0 Å². The van der Waals surface area contributed by atoms with Crippen LogP contribution in [0.3, 0.4) is 0 Å². The van der Waals surface area contributed by atoms with Crippen LogP contribution in [0.25, 0.3) is 10.6 Å². The topological polar surface area (TPSA) is 33.1 Å². The quantitative estimate of drug-likeness (QED) is 0.848. The second-order valence-corrected chi connectivity index (χ2v) is 4.21. The van der Waals surface area contributed by atoms with Gasteiger partial charge in [-0.1, -0.05) is 19.1 Å². The second kappa shape index (κ2) is 3.98. The van der Waals surface area contributed by atoms with E-state index in [1.54, 1.807) is 12.1 Å². The van der Waals surface area contributed by atoms with E-state index in [4.69, 9.17) is 0 Å². The van der Waals surface area contributed by atoms with Crippen molar-refractivity contribution in [2.24, 2.45) is 0 Å². The molecule has 0 atom stereocenters. The van der Waals surface area contributed by atoms with Crippen molar-refractivity contribution in [3.63, 3.8) is 0 Å². The van der Waals surface area contributed by atoms with E-state index in [9.17, 15) is 9.50 Å². The third kappa shape index (κ3) is 1.99. The molecule has 1 heterocycles. The zero-order valence-corrected chi connectivity index (χ0v) is 9.01. The van der Waals surface area contributed by atoms with Gasteiger partial charge in [0.05, 0.1) is 4.88 Å². The lowest BCUT2D eigenvalue weighted by atomic mass is 10.2. The van der Waals surface area contributed by atoms with Crippen molar-refractivity contribution in [3.05, 3.63) is 35.0 Å². The standard InChI is InChI=1S/C11H10FNOS/c1-2-9-10(14)13-11(15-9)7-4-3-5-8(12)6-7/h3-6,14H,2H2,1H3. The summed E-state index contributed by atoms with van der Waals surface area (Å²) in [6.07, 6.45) is 0.735. The Labute approximate surface area is 91.0 Å². The number of aryl methyl sites for hydroxylation is 1. The van der Waals surface area contributed by atoms with Gasteiger partial charge in [0.15, 0.2) is 0 Å². The number of benzene rings is 1. The Kier molecular flexibility index (Phi) is 2.68. The van der Waals surface area contributed by atoms with Crippen LogP contribution < -0.4 is 0 Å². The minimum atomic E-state index is -0.291. The summed E-state index contributed by atoms with van der Waals surface area (Å²) in [6, 6.07) is 6.21. The maximum Gasteiger partial charge on any atom is 0.225 e. The number of halogens is 1. The Morgan fingerprint density at radius 2 is 2.27 bits per heavy atom. The molecular weight excluding hydrogens is 213 g/mol. The highest BCUT2D eigenvalue weighted by molar-refractivity contribution is 7.15. The molecule has 0 aliphatic heterocycles. The monoisotopic (exact) mass is 223 g/mol. The average molecular weight is 223 g/mol. The van der Waals surface area contributed by atoms with E-state index in [0.717, 1.165) is 11.3 Å². The molecule has 0 bridgehead atoms. The average Bonchev–Trinajstić information content (AvgIpc) is 2.60. The van der Waals surface area contributed by atoms with Crippen LogP contribution in [-0.2, 0) is 6.42 Å². The van der Waals surface area contributed by atoms with E-state index >= 15 is 0 Å². The zero-order chi connectivity index (χ0) is 10.8. The van der Waals surface area contributed by atoms with E-state index in [1.807, 2.05) is 6.92 Å². The number of rotatable bonds is 2. The summed E-state index contributed by atoms with van der Waals surface area (Å²) in [5.74, 6) is -0.234. The number of aromatic hydroxyl groups is 1. The van der Waals surface area contributed by atoms with Gasteiger partial charge in [-0.25, -0.2) is 9.37 Å². The maximum absolute atomic E-state index is 13.0. The molecule has 0 spiro atoms. The van der Waals surface area contributed by atoms with Crippen LogP contribution in [0.5, 0.6) is 5.88 Å². The normalized spacial score (nSPS) is 10.5. The first-order valence-corrected chi connectivity index (χ1v) is 5.47. The van der Waals surface area contributed by atoms with Crippen molar-refractivity contribution in [2.75, 3.05) is 0 Å². The van der Waals surface area contributed by atoms with Crippen LogP contribution >= 0.6 is 11.3 Å². The second-order valence-electron chi connectivity index (χ2n) is 3.13. The molecule has 15 heavy (non-hydrogen) atoms. The zero-order valence-electron chi connectivity index (χ0n) is 8.20. The Morgan fingerprint density at radius 1 is 1.47 bits per heavy atom. The summed E-state index contributed by atoms with van der Waals surface area (Å²) in [4.78, 5) is 4.83. The predicted molar refractivity (Wildman–Crippen MR) is 58.6 cm³/mol. The van der Waals surface area contributed by atoms with E-state index in [2.05, 4.69) is 4.98 Å². The Balaban J connectivity index is 2.45. The summed E-state index contributed by atoms with van der Waals surface area (Å²) in [5, 5.41) is 10.1. The molecule has 1 N–H and O–H groups in total. The molecule has 0 unspecified atom stereocenters. The molecule has 0 aliphatic carbocycles. The predicted octanol–water partition coefficient (Wildman–Crippen LogP) is 3.22. The number of aromatic nitrogens is 1. The van der Waals surface area contributed by atoms with Gasteiger partial charge < -0.3 is 5.11 Å². The first kappa shape index (κ1) is 10.1. The molecule has 2 rings (SSSR count). The summed E-state index contributed by atoms with van der Waals surface area (Å²) in [5.41, 5.74) is 0.704. The van der Waals surface area contributed by atoms with E-state index in [-0.39, 0.29) is 11.7 Å². The van der Waals surface area contributed by atoms with Crippen molar-refractivity contribution >= 4 is 11.3 Å². The van der Waals surface area contributed by atoms with Crippen LogP contribution in [0.1, 0.15) is 11.8 Å². The third-order valence-electron chi connectivity index (χ3n) is 2.07. The van der Waals surface area contributed by atoms with Gasteiger partial charge in [-0.15, -0.1) is 11.3 Å². The highest BCUT2D eigenvalue weighted by Crippen LogP contribution is 2.32. The largest absolute Gasteiger partial charge is 0.492 e. The minimum Gasteiger partial charge on any atom is -0.492 e. The fourth-order valence-electron chi connectivity index (χ4n) is 1.32. The number of hydrogen-bond donors (Lipinski definition) is 1. The van der Waals surface area contributed by atoms with E-state index < -0.39 is 0 Å². The Bertz CT molecular complexity index is 481. The van der Waals surface area contributed by atoms with Gasteiger partial charge in [0.2, 0.25) is 5.88 Å². The molecule has 2 aromatic rings. The minimum absolute atomic E-state index is 0.0572. The molecule has 0 saturated heterocycles. The summed E-state index contributed by atoms with van der Waals surface area (Å²) >= 11 is 1.39. The van der Waals surface area contributed by atoms with Gasteiger partial charge in [0.1, 0.15) is 10.8 Å². The fraction of sp³-hybridized carbons (Fsp3) is 0.182. The Hall–Kier alpha value is -1.42. The van der Waals surface area contributed by atoms with Crippen LogP contribution in [0.4, 0.5) is 4.39 Å². The van der Waals surface area contributed by atoms with Gasteiger partial charge in [0, 0.05) is 5.56 Å². The molecule has 0 radical (unpaired) electrons. The maximum atomic E-state index is 13.0. The lowest BCUT2D eigenvalue weighted by molar-refractivity contribution is 0.452. The van der Waals surface area contributed by atoms with Gasteiger partial charge in [-0.3, -0.25) is 0 Å². The Morgan fingerprint density at radius 3 is 2.87 bits per heavy atom. The molecule has 0 saturated carbocycles. The molecule has 1 aromatic heterocycles. The van der Waals surface area contributed by atoms with Crippen LogP contribution in [0, 0.1) is 5.82 Å². The first-order valence-electron chi connectivity index (χ1n) is 4.65. The molecule has 2 nitrogen and oxygen atoms in total. The molecule has 1 aromatic carbocycles. The van der Waals surface area contributed by atoms with Gasteiger partial charge in [-0.2, -0.15) is 0 Å². The molecule has 0 fully saturated rings. The molecule has 78 valence electrons. The number of thiazole rings is 1. The van der Waals surface area contributed by atoms with Crippen LogP contribution in [-0.4, -0.2) is 10.1 Å². The van der Waals surface area contributed by atoms with Crippen molar-refractivity contribution in [1.82, 2.24) is 4.98 Å². The lowest BCUT2D eigenvalue weighted by Gasteiger charge is -1.94. The van der Waals surface area contributed by atoms with Crippen LogP contribution in [0.2, 0.25) is 0 Å². The highest BCUT2D eigenvalue weighted by atomic mass is 32.1. The van der Waals surface area contributed by atoms with Crippen molar-refractivity contribution in [3.8, 4) is 16.5 Å². The van der Waals surface area contributed by atoms with Crippen molar-refractivity contribution in [2.45, 2.75) is 13.3 Å². The first-order chi connectivity index (χ1) is 7.20. The van der Waals surface area contributed by atoms with Gasteiger partial charge in [0.25, 0.3) is 0 Å². The third-order valence-corrected chi connectivity index (χ3v) is 3.31. The van der Waals surface area contributed by atoms with Crippen molar-refractivity contribution in [1.29, 1.82) is 0 Å². The van der Waals surface area contributed by atoms with Gasteiger partial charge in [-0.05, 0) is 18.6 Å². The molecular formula is C11H10FNOS. The van der Waals surface area contributed by atoms with Crippen molar-refractivity contribution < 1.29 is 9.50 Å². The molecule has 0 aliphatic rings. The van der Waals surface area contributed by atoms with E-state index in [1.165, 1.54) is 23.5 Å². The lowest BCUT2D eigenvalue weighted by Crippen LogP contribution is -1.77. The molecule has 4 heteroatoms. The highest BCUT2D eigenvalue weighted by Gasteiger charge is 2.10. The summed E-state index contributed by atoms with van der Waals surface area (Å²) < 4.78 is 13.0. The fourth-order valence-corrected chi connectivity index (χ4v) is 2.21. The smallest absolute Gasteiger partial charge is 0.225 e. The van der Waals surface area contributed by atoms with Crippen LogP contribution in [0.15, 0.2) is 24.3 Å². The molecule has 0 amide bonds. The SMILES string of the molecule is CCc1sc(-c2cccc(F)c2)nc1O. The number of nitrogens with zero attached hydrogens (tertiary/aromatic N) is 1. The van der Waals surface area contributed by atoms with E-state index in [0.29, 0.717) is 10.6 Å². The summed E-state index contributed by atoms with van der Waals surface area (Å²) in [6.45, 7) is 1.95.